The first-order chi connectivity index (χ1) is 11.4. The van der Waals surface area contributed by atoms with Crippen LogP contribution in [-0.2, 0) is 6.54 Å². The fourth-order valence-corrected chi connectivity index (χ4v) is 2.69. The average Bonchev–Trinajstić information content (AvgIpc) is 2.96. The van der Waals surface area contributed by atoms with E-state index in [0.717, 1.165) is 5.56 Å². The first-order valence-electron chi connectivity index (χ1n) is 7.66. The molecule has 0 unspecified atom stereocenters. The Morgan fingerprint density at radius 1 is 1.46 bits per heavy atom. The van der Waals surface area contributed by atoms with E-state index in [4.69, 9.17) is 4.74 Å². The van der Waals surface area contributed by atoms with Gasteiger partial charge in [0.05, 0.1) is 13.7 Å². The van der Waals surface area contributed by atoms with Gasteiger partial charge >= 0.3 is 12.2 Å². The van der Waals surface area contributed by atoms with Crippen LogP contribution in [-0.4, -0.2) is 55.4 Å². The zero-order valence-electron chi connectivity index (χ0n) is 13.4. The predicted molar refractivity (Wildman–Crippen MR) is 81.6 cm³/mol. The Hall–Kier alpha value is -2.03. The van der Waals surface area contributed by atoms with E-state index in [-0.39, 0.29) is 18.5 Å². The molecular weight excluding hydrogens is 325 g/mol. The molecule has 2 heterocycles. The topological polar surface area (TPSA) is 66.5 Å². The molecule has 1 saturated heterocycles. The Kier molecular flexibility index (Phi) is 6.24. The number of rotatable bonds is 6. The van der Waals surface area contributed by atoms with Crippen molar-refractivity contribution in [3.8, 4) is 5.88 Å². The van der Waals surface area contributed by atoms with Crippen LogP contribution in [0.2, 0.25) is 0 Å². The lowest BCUT2D eigenvalue weighted by atomic mass is 10.1. The Bertz CT molecular complexity index is 554. The van der Waals surface area contributed by atoms with Gasteiger partial charge in [0.15, 0.2) is 0 Å². The second-order valence-corrected chi connectivity index (χ2v) is 5.74. The molecule has 0 spiro atoms. The van der Waals surface area contributed by atoms with Crippen molar-refractivity contribution in [3.05, 3.63) is 23.9 Å². The Balaban J connectivity index is 1.69. The lowest BCUT2D eigenvalue weighted by Crippen LogP contribution is -2.39. The SMILES string of the molecule is COc1ncccc1CNC(=O)NC[C@H]1CCN(CC(F)(F)F)C1. The molecule has 0 radical (unpaired) electrons. The third-order valence-electron chi connectivity index (χ3n) is 3.81. The molecule has 1 atom stereocenters. The number of hydrogen-bond acceptors (Lipinski definition) is 4. The molecule has 134 valence electrons. The number of alkyl halides is 3. The molecule has 9 heteroatoms. The zero-order valence-corrected chi connectivity index (χ0v) is 13.4. The van der Waals surface area contributed by atoms with E-state index in [2.05, 4.69) is 15.6 Å². The summed E-state index contributed by atoms with van der Waals surface area (Å²) in [4.78, 5) is 17.2. The number of likely N-dealkylation sites (tertiary alicyclic amines) is 1. The van der Waals surface area contributed by atoms with Gasteiger partial charge in [-0.25, -0.2) is 9.78 Å². The van der Waals surface area contributed by atoms with E-state index in [9.17, 15) is 18.0 Å². The van der Waals surface area contributed by atoms with Crippen molar-refractivity contribution in [2.75, 3.05) is 33.3 Å². The second kappa shape index (κ2) is 8.18. The van der Waals surface area contributed by atoms with E-state index < -0.39 is 12.7 Å². The van der Waals surface area contributed by atoms with Gasteiger partial charge in [0.1, 0.15) is 0 Å². The van der Waals surface area contributed by atoms with Gasteiger partial charge in [0, 0.05) is 31.4 Å². The van der Waals surface area contributed by atoms with Crippen molar-refractivity contribution < 1.29 is 22.7 Å². The third kappa shape index (κ3) is 5.88. The van der Waals surface area contributed by atoms with Gasteiger partial charge < -0.3 is 15.4 Å². The number of urea groups is 1. The second-order valence-electron chi connectivity index (χ2n) is 5.74. The number of methoxy groups -OCH3 is 1. The average molecular weight is 346 g/mol. The number of carbonyl (C=O) groups is 1. The fraction of sp³-hybridized carbons (Fsp3) is 0.600. The smallest absolute Gasteiger partial charge is 0.401 e. The van der Waals surface area contributed by atoms with E-state index in [1.165, 1.54) is 12.0 Å². The quantitative estimate of drug-likeness (QED) is 0.824. The van der Waals surface area contributed by atoms with E-state index in [0.29, 0.717) is 31.9 Å². The predicted octanol–water partition coefficient (Wildman–Crippen LogP) is 1.77. The molecule has 2 N–H and O–H groups in total. The summed E-state index contributed by atoms with van der Waals surface area (Å²) >= 11 is 0. The van der Waals surface area contributed by atoms with Gasteiger partial charge in [0.25, 0.3) is 0 Å². The maximum Gasteiger partial charge on any atom is 0.401 e. The summed E-state index contributed by atoms with van der Waals surface area (Å²) in [5, 5.41) is 5.38. The number of pyridine rings is 1. The van der Waals surface area contributed by atoms with Crippen LogP contribution in [0.5, 0.6) is 5.88 Å². The minimum absolute atomic E-state index is 0.0334. The van der Waals surface area contributed by atoms with Crippen LogP contribution in [0.1, 0.15) is 12.0 Å². The third-order valence-corrected chi connectivity index (χ3v) is 3.81. The summed E-state index contributed by atoms with van der Waals surface area (Å²) in [6.07, 6.45) is -1.94. The summed E-state index contributed by atoms with van der Waals surface area (Å²) in [6, 6.07) is 3.17. The molecular formula is C15H21F3N4O2. The monoisotopic (exact) mass is 346 g/mol. The number of nitrogens with zero attached hydrogens (tertiary/aromatic N) is 2. The molecule has 24 heavy (non-hydrogen) atoms. The summed E-state index contributed by atoms with van der Waals surface area (Å²) < 4.78 is 42.1. The minimum Gasteiger partial charge on any atom is -0.481 e. The molecule has 0 aromatic carbocycles. The summed E-state index contributed by atoms with van der Waals surface area (Å²) in [7, 11) is 1.50. The number of hydrogen-bond donors (Lipinski definition) is 2. The van der Waals surface area contributed by atoms with Crippen LogP contribution < -0.4 is 15.4 Å². The molecule has 0 aliphatic carbocycles. The van der Waals surface area contributed by atoms with Crippen LogP contribution in [0.4, 0.5) is 18.0 Å². The molecule has 0 bridgehead atoms. The maximum atomic E-state index is 12.3. The van der Waals surface area contributed by atoms with E-state index in [1.807, 2.05) is 0 Å². The first kappa shape index (κ1) is 18.3. The van der Waals surface area contributed by atoms with Crippen LogP contribution in [0.3, 0.4) is 0 Å². The van der Waals surface area contributed by atoms with Crippen molar-refractivity contribution in [1.29, 1.82) is 0 Å². The van der Waals surface area contributed by atoms with E-state index in [1.54, 1.807) is 18.3 Å². The van der Waals surface area contributed by atoms with Crippen LogP contribution in [0.15, 0.2) is 18.3 Å². The minimum atomic E-state index is -4.18. The first-order valence-corrected chi connectivity index (χ1v) is 7.66. The number of halogens is 3. The molecule has 6 nitrogen and oxygen atoms in total. The molecule has 0 saturated carbocycles. The normalized spacial score (nSPS) is 18.4. The molecule has 2 amide bonds. The van der Waals surface area contributed by atoms with Crippen LogP contribution in [0, 0.1) is 5.92 Å². The highest BCUT2D eigenvalue weighted by Crippen LogP contribution is 2.22. The van der Waals surface area contributed by atoms with Crippen molar-refractivity contribution in [1.82, 2.24) is 20.5 Å². The molecule has 2 rings (SSSR count). The number of carbonyl (C=O) groups excluding carboxylic acids is 1. The Morgan fingerprint density at radius 2 is 2.25 bits per heavy atom. The zero-order chi connectivity index (χ0) is 17.6. The van der Waals surface area contributed by atoms with Gasteiger partial charge in [-0.15, -0.1) is 0 Å². The highest BCUT2D eigenvalue weighted by Gasteiger charge is 2.34. The van der Waals surface area contributed by atoms with Gasteiger partial charge in [-0.1, -0.05) is 6.07 Å². The van der Waals surface area contributed by atoms with Gasteiger partial charge in [0.2, 0.25) is 5.88 Å². The maximum absolute atomic E-state index is 12.3. The lowest BCUT2D eigenvalue weighted by molar-refractivity contribution is -0.143. The molecule has 1 aliphatic rings. The Morgan fingerprint density at radius 3 is 2.96 bits per heavy atom. The van der Waals surface area contributed by atoms with Gasteiger partial charge in [-0.2, -0.15) is 13.2 Å². The largest absolute Gasteiger partial charge is 0.481 e. The molecule has 1 aromatic rings. The van der Waals surface area contributed by atoms with Crippen molar-refractivity contribution in [2.24, 2.45) is 5.92 Å². The number of nitrogens with one attached hydrogen (secondary N) is 2. The van der Waals surface area contributed by atoms with Gasteiger partial charge in [-0.3, -0.25) is 4.90 Å². The fourth-order valence-electron chi connectivity index (χ4n) is 2.69. The molecule has 1 aliphatic heterocycles. The van der Waals surface area contributed by atoms with Gasteiger partial charge in [-0.05, 0) is 24.9 Å². The highest BCUT2D eigenvalue weighted by molar-refractivity contribution is 5.73. The number of amides is 2. The molecule has 1 fully saturated rings. The highest BCUT2D eigenvalue weighted by atomic mass is 19.4. The van der Waals surface area contributed by atoms with Crippen LogP contribution in [0.25, 0.3) is 0 Å². The molecule has 1 aromatic heterocycles. The van der Waals surface area contributed by atoms with Crippen molar-refractivity contribution in [3.63, 3.8) is 0 Å². The van der Waals surface area contributed by atoms with Crippen LogP contribution >= 0.6 is 0 Å². The van der Waals surface area contributed by atoms with E-state index >= 15 is 0 Å². The van der Waals surface area contributed by atoms with Crippen molar-refractivity contribution >= 4 is 6.03 Å². The summed E-state index contributed by atoms with van der Waals surface area (Å²) in [5.74, 6) is 0.474. The Labute approximate surface area is 138 Å². The van der Waals surface area contributed by atoms with Crippen molar-refractivity contribution in [2.45, 2.75) is 19.1 Å². The standard InChI is InChI=1S/C15H21F3N4O2/c1-24-13-12(3-2-5-19-13)8-21-14(23)20-7-11-4-6-22(9-11)10-15(16,17)18/h2-3,5,11H,4,6-10H2,1H3,(H2,20,21,23)/t11-/m1/s1. The summed E-state index contributed by atoms with van der Waals surface area (Å²) in [5.41, 5.74) is 0.743. The number of ether oxygens (including phenoxy) is 1. The summed E-state index contributed by atoms with van der Waals surface area (Å²) in [6.45, 7) is 0.463. The number of aromatic nitrogens is 1. The lowest BCUT2D eigenvalue weighted by Gasteiger charge is -2.18.